The van der Waals surface area contributed by atoms with E-state index in [1.54, 1.807) is 0 Å². The van der Waals surface area contributed by atoms with Crippen LogP contribution in [-0.2, 0) is 16.0 Å². The standard InChI is InChI=1S/C11H11NO7/c13-9(14)5-4-6-7(10(15)11(16)17)2-1-3-8(6)12(18)19/h1-3,10,15H,4-5H2,(H,13,14)(H,16,17). The lowest BCUT2D eigenvalue weighted by Gasteiger charge is -2.11. The molecule has 1 aromatic rings. The molecule has 8 nitrogen and oxygen atoms in total. The summed E-state index contributed by atoms with van der Waals surface area (Å²) >= 11 is 0. The number of aliphatic hydroxyl groups excluding tert-OH is 1. The molecule has 0 fully saturated rings. The average Bonchev–Trinajstić information content (AvgIpc) is 2.34. The fraction of sp³-hybridized carbons (Fsp3) is 0.273. The Kier molecular flexibility index (Phi) is 4.54. The summed E-state index contributed by atoms with van der Waals surface area (Å²) in [4.78, 5) is 31.4. The van der Waals surface area contributed by atoms with Gasteiger partial charge in [-0.3, -0.25) is 14.9 Å². The van der Waals surface area contributed by atoms with E-state index in [2.05, 4.69) is 0 Å². The molecule has 3 N–H and O–H groups in total. The molecule has 0 aliphatic rings. The molecule has 0 radical (unpaired) electrons. The van der Waals surface area contributed by atoms with Crippen LogP contribution in [0.15, 0.2) is 18.2 Å². The van der Waals surface area contributed by atoms with Crippen LogP contribution in [0.2, 0.25) is 0 Å². The highest BCUT2D eigenvalue weighted by molar-refractivity contribution is 5.75. The molecule has 1 rings (SSSR count). The summed E-state index contributed by atoms with van der Waals surface area (Å²) < 4.78 is 0. The third-order valence-corrected chi connectivity index (χ3v) is 2.50. The van der Waals surface area contributed by atoms with Gasteiger partial charge in [-0.05, 0) is 6.42 Å². The van der Waals surface area contributed by atoms with Crippen LogP contribution in [0.1, 0.15) is 23.7 Å². The van der Waals surface area contributed by atoms with E-state index in [-0.39, 0.29) is 17.5 Å². The molecule has 0 spiro atoms. The quantitative estimate of drug-likeness (QED) is 0.511. The van der Waals surface area contributed by atoms with E-state index in [9.17, 15) is 24.8 Å². The number of carbonyl (C=O) groups is 2. The molecule has 1 aromatic carbocycles. The number of carboxylic acid groups (broad SMARTS) is 2. The molecule has 0 aromatic heterocycles. The molecule has 0 bridgehead atoms. The molecular formula is C11H11NO7. The smallest absolute Gasteiger partial charge is 0.337 e. The van der Waals surface area contributed by atoms with Crippen LogP contribution < -0.4 is 0 Å². The Morgan fingerprint density at radius 2 is 1.95 bits per heavy atom. The van der Waals surface area contributed by atoms with Gasteiger partial charge in [-0.1, -0.05) is 12.1 Å². The van der Waals surface area contributed by atoms with Gasteiger partial charge in [0.1, 0.15) is 0 Å². The van der Waals surface area contributed by atoms with Gasteiger partial charge in [-0.25, -0.2) is 4.79 Å². The molecular weight excluding hydrogens is 258 g/mol. The van der Waals surface area contributed by atoms with Crippen molar-refractivity contribution in [1.82, 2.24) is 0 Å². The lowest BCUT2D eigenvalue weighted by Crippen LogP contribution is -2.14. The highest BCUT2D eigenvalue weighted by Crippen LogP contribution is 2.28. The van der Waals surface area contributed by atoms with Gasteiger partial charge in [-0.2, -0.15) is 0 Å². The van der Waals surface area contributed by atoms with E-state index in [1.165, 1.54) is 12.1 Å². The fourth-order valence-corrected chi connectivity index (χ4v) is 1.66. The summed E-state index contributed by atoms with van der Waals surface area (Å²) in [5.74, 6) is -2.73. The van der Waals surface area contributed by atoms with Crippen LogP contribution >= 0.6 is 0 Å². The summed E-state index contributed by atoms with van der Waals surface area (Å²) in [7, 11) is 0. The van der Waals surface area contributed by atoms with Crippen LogP contribution in [-0.4, -0.2) is 32.2 Å². The van der Waals surface area contributed by atoms with Gasteiger partial charge in [0.2, 0.25) is 0 Å². The summed E-state index contributed by atoms with van der Waals surface area (Å²) in [5.41, 5.74) is -0.646. The molecule has 1 unspecified atom stereocenters. The minimum atomic E-state index is -1.93. The van der Waals surface area contributed by atoms with Gasteiger partial charge >= 0.3 is 11.9 Å². The second-order valence-electron chi connectivity index (χ2n) is 3.74. The first-order valence-corrected chi connectivity index (χ1v) is 5.23. The summed E-state index contributed by atoms with van der Waals surface area (Å²) in [5, 5.41) is 37.6. The summed E-state index contributed by atoms with van der Waals surface area (Å²) in [6.07, 6.45) is -2.56. The lowest BCUT2D eigenvalue weighted by atomic mass is 9.97. The maximum absolute atomic E-state index is 10.8. The lowest BCUT2D eigenvalue weighted by molar-refractivity contribution is -0.385. The minimum Gasteiger partial charge on any atom is -0.481 e. The van der Waals surface area contributed by atoms with E-state index in [0.29, 0.717) is 0 Å². The molecule has 1 atom stereocenters. The van der Waals surface area contributed by atoms with Crippen molar-refractivity contribution in [3.05, 3.63) is 39.4 Å². The van der Waals surface area contributed by atoms with E-state index < -0.39 is 35.1 Å². The maximum atomic E-state index is 10.8. The third-order valence-electron chi connectivity index (χ3n) is 2.50. The topological polar surface area (TPSA) is 138 Å². The fourth-order valence-electron chi connectivity index (χ4n) is 1.66. The first kappa shape index (κ1) is 14.6. The van der Waals surface area contributed by atoms with E-state index in [0.717, 1.165) is 6.07 Å². The van der Waals surface area contributed by atoms with Crippen molar-refractivity contribution in [2.75, 3.05) is 0 Å². The van der Waals surface area contributed by atoms with Crippen LogP contribution in [0.4, 0.5) is 5.69 Å². The second-order valence-corrected chi connectivity index (χ2v) is 3.74. The Balaban J connectivity index is 3.29. The maximum Gasteiger partial charge on any atom is 0.337 e. The first-order valence-electron chi connectivity index (χ1n) is 5.23. The van der Waals surface area contributed by atoms with Crippen molar-refractivity contribution in [2.45, 2.75) is 18.9 Å². The van der Waals surface area contributed by atoms with Gasteiger partial charge in [0.05, 0.1) is 4.92 Å². The van der Waals surface area contributed by atoms with Crippen LogP contribution in [0.25, 0.3) is 0 Å². The van der Waals surface area contributed by atoms with Gasteiger partial charge < -0.3 is 15.3 Å². The van der Waals surface area contributed by atoms with Gasteiger partial charge in [-0.15, -0.1) is 0 Å². The molecule has 0 amide bonds. The van der Waals surface area contributed by atoms with Crippen LogP contribution in [0.3, 0.4) is 0 Å². The third kappa shape index (κ3) is 3.49. The number of nitro groups is 1. The molecule has 0 heterocycles. The number of rotatable bonds is 6. The number of nitrogens with zero attached hydrogens (tertiary/aromatic N) is 1. The monoisotopic (exact) mass is 269 g/mol. The zero-order valence-corrected chi connectivity index (χ0v) is 9.65. The van der Waals surface area contributed by atoms with Crippen molar-refractivity contribution in [3.8, 4) is 0 Å². The Hall–Kier alpha value is -2.48. The predicted molar refractivity (Wildman–Crippen MR) is 61.6 cm³/mol. The number of hydrogen-bond acceptors (Lipinski definition) is 5. The summed E-state index contributed by atoms with van der Waals surface area (Å²) in [6, 6.07) is 3.60. The van der Waals surface area contributed by atoms with E-state index >= 15 is 0 Å². The molecule has 0 saturated heterocycles. The van der Waals surface area contributed by atoms with Gasteiger partial charge in [0.15, 0.2) is 6.10 Å². The molecule has 8 heteroatoms. The normalized spacial score (nSPS) is 11.8. The van der Waals surface area contributed by atoms with Gasteiger partial charge in [0.25, 0.3) is 5.69 Å². The van der Waals surface area contributed by atoms with Crippen molar-refractivity contribution in [2.24, 2.45) is 0 Å². The average molecular weight is 269 g/mol. The Morgan fingerprint density at radius 1 is 1.32 bits per heavy atom. The number of hydrogen-bond donors (Lipinski definition) is 3. The van der Waals surface area contributed by atoms with Crippen LogP contribution in [0.5, 0.6) is 0 Å². The molecule has 19 heavy (non-hydrogen) atoms. The molecule has 0 aliphatic heterocycles. The van der Waals surface area contributed by atoms with Crippen molar-refractivity contribution < 1.29 is 29.8 Å². The Bertz CT molecular complexity index is 526. The molecule has 102 valence electrons. The van der Waals surface area contributed by atoms with Crippen LogP contribution in [0, 0.1) is 10.1 Å². The highest BCUT2D eigenvalue weighted by atomic mass is 16.6. The highest BCUT2D eigenvalue weighted by Gasteiger charge is 2.25. The number of aliphatic carboxylic acids is 2. The van der Waals surface area contributed by atoms with E-state index in [1.807, 2.05) is 0 Å². The zero-order chi connectivity index (χ0) is 14.6. The number of carboxylic acids is 2. The number of aliphatic hydroxyl groups is 1. The van der Waals surface area contributed by atoms with Gasteiger partial charge in [0, 0.05) is 23.6 Å². The summed E-state index contributed by atoms with van der Waals surface area (Å²) in [6.45, 7) is 0. The second kappa shape index (κ2) is 5.91. The van der Waals surface area contributed by atoms with Crippen molar-refractivity contribution in [3.63, 3.8) is 0 Å². The van der Waals surface area contributed by atoms with Crippen molar-refractivity contribution in [1.29, 1.82) is 0 Å². The SMILES string of the molecule is O=C(O)CCc1c(C(O)C(=O)O)cccc1[N+](=O)[O-]. The minimum absolute atomic E-state index is 0.0789. The molecule has 0 saturated carbocycles. The molecule has 0 aliphatic carbocycles. The first-order chi connectivity index (χ1) is 8.84. The largest absolute Gasteiger partial charge is 0.481 e. The Labute approximate surface area is 107 Å². The van der Waals surface area contributed by atoms with E-state index in [4.69, 9.17) is 10.2 Å². The number of benzene rings is 1. The Morgan fingerprint density at radius 3 is 2.42 bits per heavy atom. The number of nitro benzene ring substituents is 1. The predicted octanol–water partition coefficient (Wildman–Crippen LogP) is 0.730. The zero-order valence-electron chi connectivity index (χ0n) is 9.65. The van der Waals surface area contributed by atoms with Crippen molar-refractivity contribution >= 4 is 17.6 Å².